The molecule has 4 rings (SSSR count). The summed E-state index contributed by atoms with van der Waals surface area (Å²) < 4.78 is 10.6. The third-order valence-corrected chi connectivity index (χ3v) is 3.87. The predicted octanol–water partition coefficient (Wildman–Crippen LogP) is 2.77. The first kappa shape index (κ1) is 16.8. The molecule has 3 heterocycles. The second-order valence-electron chi connectivity index (χ2n) is 5.91. The Morgan fingerprint density at radius 2 is 2.00 bits per heavy atom. The van der Waals surface area contributed by atoms with Crippen LogP contribution in [0.1, 0.15) is 21.9 Å². The Morgan fingerprint density at radius 3 is 2.85 bits per heavy atom. The van der Waals surface area contributed by atoms with Gasteiger partial charge in [0.25, 0.3) is 5.91 Å². The van der Waals surface area contributed by atoms with Crippen LogP contribution in [0.25, 0.3) is 0 Å². The molecule has 27 heavy (non-hydrogen) atoms. The lowest BCUT2D eigenvalue weighted by Gasteiger charge is -2.09. The van der Waals surface area contributed by atoms with E-state index in [1.165, 1.54) is 0 Å². The van der Waals surface area contributed by atoms with Crippen molar-refractivity contribution in [1.29, 1.82) is 0 Å². The van der Waals surface area contributed by atoms with Gasteiger partial charge in [0.2, 0.25) is 12.7 Å². The molecule has 8 nitrogen and oxygen atoms in total. The summed E-state index contributed by atoms with van der Waals surface area (Å²) in [6.45, 7) is 2.46. The van der Waals surface area contributed by atoms with E-state index >= 15 is 0 Å². The summed E-state index contributed by atoms with van der Waals surface area (Å²) >= 11 is 0. The number of pyridine rings is 1. The predicted molar refractivity (Wildman–Crippen MR) is 98.9 cm³/mol. The van der Waals surface area contributed by atoms with Crippen molar-refractivity contribution in [1.82, 2.24) is 15.0 Å². The number of anilines is 2. The molecule has 0 bridgehead atoms. The van der Waals surface area contributed by atoms with Crippen molar-refractivity contribution in [2.24, 2.45) is 0 Å². The van der Waals surface area contributed by atoms with Gasteiger partial charge in [-0.1, -0.05) is 6.07 Å². The molecule has 1 aliphatic heterocycles. The average Bonchev–Trinajstić information content (AvgIpc) is 3.14. The van der Waals surface area contributed by atoms with Crippen molar-refractivity contribution in [3.8, 4) is 11.5 Å². The van der Waals surface area contributed by atoms with Crippen molar-refractivity contribution in [2.75, 3.05) is 17.4 Å². The van der Waals surface area contributed by atoms with Crippen LogP contribution in [0, 0.1) is 6.92 Å². The fraction of sp³-hybridized carbons (Fsp3) is 0.158. The summed E-state index contributed by atoms with van der Waals surface area (Å²) in [6.07, 6.45) is 1.72. The second kappa shape index (κ2) is 7.28. The lowest BCUT2D eigenvalue weighted by atomic mass is 10.2. The Labute approximate surface area is 155 Å². The Balaban J connectivity index is 1.47. The molecule has 0 fully saturated rings. The van der Waals surface area contributed by atoms with E-state index in [0.717, 1.165) is 5.69 Å². The number of hydrogen-bond acceptors (Lipinski definition) is 7. The minimum absolute atomic E-state index is 0.184. The second-order valence-corrected chi connectivity index (χ2v) is 5.91. The fourth-order valence-corrected chi connectivity index (χ4v) is 2.61. The average molecular weight is 363 g/mol. The summed E-state index contributed by atoms with van der Waals surface area (Å²) in [4.78, 5) is 25.4. The number of fused-ring (bicyclic) bond motifs is 1. The molecular weight excluding hydrogens is 346 g/mol. The summed E-state index contributed by atoms with van der Waals surface area (Å²) in [6, 6.07) is 12.5. The van der Waals surface area contributed by atoms with Gasteiger partial charge in [-0.3, -0.25) is 9.78 Å². The maximum atomic E-state index is 12.6. The van der Waals surface area contributed by atoms with Crippen LogP contribution in [0.5, 0.6) is 11.5 Å². The van der Waals surface area contributed by atoms with Gasteiger partial charge >= 0.3 is 0 Å². The number of carbonyl (C=O) groups is 1. The molecule has 2 N–H and O–H groups in total. The minimum Gasteiger partial charge on any atom is -0.454 e. The third-order valence-electron chi connectivity index (χ3n) is 3.87. The lowest BCUT2D eigenvalue weighted by Crippen LogP contribution is -2.16. The highest BCUT2D eigenvalue weighted by atomic mass is 16.7. The molecule has 1 amide bonds. The zero-order valence-corrected chi connectivity index (χ0v) is 14.6. The molecule has 0 radical (unpaired) electrons. The first-order valence-electron chi connectivity index (χ1n) is 8.38. The largest absolute Gasteiger partial charge is 0.454 e. The highest BCUT2D eigenvalue weighted by Crippen LogP contribution is 2.34. The number of hydrogen-bond donors (Lipinski definition) is 2. The standard InChI is InChI=1S/C19H17N5O3/c1-12-8-15(24-19(22-12)21-10-14-4-2-3-7-20-14)18(25)23-13-5-6-16-17(9-13)27-11-26-16/h2-9H,10-11H2,1H3,(H,23,25)(H,21,22,24). The number of ether oxygens (including phenoxy) is 2. The van der Waals surface area contributed by atoms with Crippen LogP contribution in [0.15, 0.2) is 48.7 Å². The molecule has 1 aromatic carbocycles. The van der Waals surface area contributed by atoms with Crippen LogP contribution in [0.2, 0.25) is 0 Å². The van der Waals surface area contributed by atoms with Crippen molar-refractivity contribution in [2.45, 2.75) is 13.5 Å². The molecule has 0 unspecified atom stereocenters. The molecule has 0 saturated heterocycles. The van der Waals surface area contributed by atoms with Crippen molar-refractivity contribution in [3.05, 3.63) is 65.7 Å². The van der Waals surface area contributed by atoms with E-state index in [4.69, 9.17) is 9.47 Å². The number of aromatic nitrogens is 3. The number of aryl methyl sites for hydroxylation is 1. The van der Waals surface area contributed by atoms with Gasteiger partial charge in [0.15, 0.2) is 11.5 Å². The zero-order valence-electron chi connectivity index (χ0n) is 14.6. The van der Waals surface area contributed by atoms with Crippen LogP contribution in [0.4, 0.5) is 11.6 Å². The summed E-state index contributed by atoms with van der Waals surface area (Å²) in [5.74, 6) is 1.30. The highest BCUT2D eigenvalue weighted by Gasteiger charge is 2.16. The number of benzene rings is 1. The molecular formula is C19H17N5O3. The van der Waals surface area contributed by atoms with Crippen molar-refractivity contribution < 1.29 is 14.3 Å². The van der Waals surface area contributed by atoms with Gasteiger partial charge in [0.05, 0.1) is 12.2 Å². The Hall–Kier alpha value is -3.68. The van der Waals surface area contributed by atoms with Crippen LogP contribution < -0.4 is 20.1 Å². The number of nitrogens with zero attached hydrogens (tertiary/aromatic N) is 3. The topological polar surface area (TPSA) is 98.3 Å². The monoisotopic (exact) mass is 363 g/mol. The van der Waals surface area contributed by atoms with E-state index in [1.807, 2.05) is 25.1 Å². The van der Waals surface area contributed by atoms with Gasteiger partial charge < -0.3 is 20.1 Å². The van der Waals surface area contributed by atoms with Gasteiger partial charge in [0.1, 0.15) is 5.69 Å². The van der Waals surface area contributed by atoms with Gasteiger partial charge in [0, 0.05) is 23.6 Å². The third kappa shape index (κ3) is 3.95. The number of rotatable bonds is 5. The molecule has 0 spiro atoms. The molecule has 1 aliphatic rings. The summed E-state index contributed by atoms with van der Waals surface area (Å²) in [5.41, 5.74) is 2.41. The zero-order chi connectivity index (χ0) is 18.6. The van der Waals surface area contributed by atoms with Gasteiger partial charge in [-0.25, -0.2) is 9.97 Å². The van der Waals surface area contributed by atoms with Gasteiger partial charge in [-0.05, 0) is 37.3 Å². The first-order valence-corrected chi connectivity index (χ1v) is 8.38. The Morgan fingerprint density at radius 1 is 1.11 bits per heavy atom. The van der Waals surface area contributed by atoms with Crippen LogP contribution in [0.3, 0.4) is 0 Å². The number of nitrogens with one attached hydrogen (secondary N) is 2. The molecule has 0 aliphatic carbocycles. The van der Waals surface area contributed by atoms with E-state index in [0.29, 0.717) is 35.4 Å². The van der Waals surface area contributed by atoms with E-state index in [2.05, 4.69) is 25.6 Å². The van der Waals surface area contributed by atoms with E-state index < -0.39 is 0 Å². The van der Waals surface area contributed by atoms with Crippen LogP contribution >= 0.6 is 0 Å². The number of carbonyl (C=O) groups excluding carboxylic acids is 1. The van der Waals surface area contributed by atoms with Crippen molar-refractivity contribution in [3.63, 3.8) is 0 Å². The van der Waals surface area contributed by atoms with Crippen LogP contribution in [-0.2, 0) is 6.54 Å². The smallest absolute Gasteiger partial charge is 0.274 e. The highest BCUT2D eigenvalue weighted by molar-refractivity contribution is 6.03. The summed E-state index contributed by atoms with van der Waals surface area (Å²) in [7, 11) is 0. The van der Waals surface area contributed by atoms with Crippen LogP contribution in [-0.4, -0.2) is 27.7 Å². The fourth-order valence-electron chi connectivity index (χ4n) is 2.61. The number of amides is 1. The van der Waals surface area contributed by atoms with E-state index in [1.54, 1.807) is 30.5 Å². The maximum absolute atomic E-state index is 12.6. The summed E-state index contributed by atoms with van der Waals surface area (Å²) in [5, 5.41) is 5.90. The van der Waals surface area contributed by atoms with Gasteiger partial charge in [-0.15, -0.1) is 0 Å². The SMILES string of the molecule is Cc1cc(C(=O)Nc2ccc3c(c2)OCO3)nc(NCc2ccccn2)n1. The van der Waals surface area contributed by atoms with E-state index in [9.17, 15) is 4.79 Å². The Kier molecular flexibility index (Phi) is 4.52. The van der Waals surface area contributed by atoms with E-state index in [-0.39, 0.29) is 18.4 Å². The molecule has 3 aromatic rings. The van der Waals surface area contributed by atoms with Gasteiger partial charge in [-0.2, -0.15) is 0 Å². The Bertz CT molecular complexity index is 978. The molecule has 8 heteroatoms. The molecule has 0 saturated carbocycles. The lowest BCUT2D eigenvalue weighted by molar-refractivity contribution is 0.102. The minimum atomic E-state index is -0.333. The molecule has 0 atom stereocenters. The van der Waals surface area contributed by atoms with Crippen molar-refractivity contribution >= 4 is 17.5 Å². The normalized spacial score (nSPS) is 11.9. The maximum Gasteiger partial charge on any atom is 0.274 e. The molecule has 136 valence electrons. The quantitative estimate of drug-likeness (QED) is 0.719. The molecule has 2 aromatic heterocycles. The first-order chi connectivity index (χ1) is 13.2.